The molecular formula is C17H22N4O2. The Hall–Kier alpha value is -2.50. The van der Waals surface area contributed by atoms with Crippen molar-refractivity contribution < 1.29 is 9.47 Å². The normalized spacial score (nSPS) is 13.5. The van der Waals surface area contributed by atoms with Crippen LogP contribution in [0.5, 0.6) is 11.5 Å². The molecule has 1 heterocycles. The van der Waals surface area contributed by atoms with Crippen molar-refractivity contribution in [2.75, 3.05) is 37.9 Å². The van der Waals surface area contributed by atoms with Gasteiger partial charge in [0, 0.05) is 49.1 Å². The predicted molar refractivity (Wildman–Crippen MR) is 90.5 cm³/mol. The van der Waals surface area contributed by atoms with Gasteiger partial charge in [0.25, 0.3) is 0 Å². The van der Waals surface area contributed by atoms with Crippen molar-refractivity contribution in [3.63, 3.8) is 0 Å². The largest absolute Gasteiger partial charge is 0.497 e. The second-order valence-electron chi connectivity index (χ2n) is 5.53. The van der Waals surface area contributed by atoms with E-state index in [-0.39, 0.29) is 0 Å². The van der Waals surface area contributed by atoms with Gasteiger partial charge in [-0.3, -0.25) is 0 Å². The Morgan fingerprint density at radius 3 is 2.39 bits per heavy atom. The molecule has 0 radical (unpaired) electrons. The molecule has 0 amide bonds. The number of benzene rings is 1. The number of anilines is 2. The van der Waals surface area contributed by atoms with Crippen LogP contribution in [-0.2, 0) is 0 Å². The van der Waals surface area contributed by atoms with Gasteiger partial charge in [-0.2, -0.15) is 0 Å². The molecule has 0 saturated heterocycles. The maximum Gasteiger partial charge on any atom is 0.133 e. The molecule has 1 aliphatic rings. The Balaban J connectivity index is 1.50. The average Bonchev–Trinajstić information content (AvgIpc) is 3.44. The quantitative estimate of drug-likeness (QED) is 0.730. The molecule has 0 atom stereocenters. The second kappa shape index (κ2) is 7.17. The maximum atomic E-state index is 5.26. The summed E-state index contributed by atoms with van der Waals surface area (Å²) in [6, 6.07) is 7.64. The molecule has 2 N–H and O–H groups in total. The number of ether oxygens (including phenoxy) is 2. The summed E-state index contributed by atoms with van der Waals surface area (Å²) in [4.78, 5) is 8.86. The van der Waals surface area contributed by atoms with Gasteiger partial charge in [0.2, 0.25) is 0 Å². The fraction of sp³-hybridized carbons (Fsp3) is 0.412. The smallest absolute Gasteiger partial charge is 0.133 e. The molecule has 2 aromatic rings. The van der Waals surface area contributed by atoms with Gasteiger partial charge in [-0.1, -0.05) is 0 Å². The third kappa shape index (κ3) is 4.25. The molecule has 0 spiro atoms. The summed E-state index contributed by atoms with van der Waals surface area (Å²) in [5.41, 5.74) is 0.962. The first kappa shape index (κ1) is 15.4. The van der Waals surface area contributed by atoms with Gasteiger partial charge in [0.1, 0.15) is 23.1 Å². The molecule has 0 unspecified atom stereocenters. The summed E-state index contributed by atoms with van der Waals surface area (Å²) >= 11 is 0. The summed E-state index contributed by atoms with van der Waals surface area (Å²) in [6.07, 6.45) is 4.24. The first-order valence-electron chi connectivity index (χ1n) is 7.82. The van der Waals surface area contributed by atoms with Crippen LogP contribution in [0.1, 0.15) is 24.6 Å². The average molecular weight is 314 g/mol. The number of hydrogen-bond donors (Lipinski definition) is 2. The molecular weight excluding hydrogens is 292 g/mol. The van der Waals surface area contributed by atoms with E-state index in [2.05, 4.69) is 20.6 Å². The standard InChI is InChI=1S/C17H22N4O2/c1-22-14-9-13(10-15(11-14)23-2)18-7-8-19-16-5-6-20-17(21-16)12-3-4-12/h5-6,9-12,18H,3-4,7-8H2,1-2H3,(H,19,20,21). The Morgan fingerprint density at radius 2 is 1.74 bits per heavy atom. The lowest BCUT2D eigenvalue weighted by molar-refractivity contribution is 0.394. The SMILES string of the molecule is COc1cc(NCCNc2ccnc(C3CC3)n2)cc(OC)c1. The van der Waals surface area contributed by atoms with Crippen LogP contribution in [0.2, 0.25) is 0 Å². The topological polar surface area (TPSA) is 68.3 Å². The van der Waals surface area contributed by atoms with Crippen LogP contribution in [0.4, 0.5) is 11.5 Å². The van der Waals surface area contributed by atoms with E-state index in [1.165, 1.54) is 12.8 Å². The summed E-state index contributed by atoms with van der Waals surface area (Å²) in [7, 11) is 3.29. The highest BCUT2D eigenvalue weighted by atomic mass is 16.5. The Kier molecular flexibility index (Phi) is 4.80. The fourth-order valence-corrected chi connectivity index (χ4v) is 2.32. The van der Waals surface area contributed by atoms with E-state index in [0.29, 0.717) is 5.92 Å². The third-order valence-corrected chi connectivity index (χ3v) is 3.73. The van der Waals surface area contributed by atoms with Crippen LogP contribution in [-0.4, -0.2) is 37.3 Å². The molecule has 1 fully saturated rings. The molecule has 1 aromatic carbocycles. The van der Waals surface area contributed by atoms with Crippen molar-refractivity contribution in [2.24, 2.45) is 0 Å². The Labute approximate surface area is 136 Å². The highest BCUT2D eigenvalue weighted by molar-refractivity contribution is 5.53. The van der Waals surface area contributed by atoms with Gasteiger partial charge < -0.3 is 20.1 Å². The Morgan fingerprint density at radius 1 is 1.04 bits per heavy atom. The van der Waals surface area contributed by atoms with Gasteiger partial charge in [0.15, 0.2) is 0 Å². The van der Waals surface area contributed by atoms with Gasteiger partial charge in [-0.15, -0.1) is 0 Å². The maximum absolute atomic E-state index is 5.26. The minimum atomic E-state index is 0.569. The lowest BCUT2D eigenvalue weighted by Crippen LogP contribution is -2.14. The van der Waals surface area contributed by atoms with E-state index < -0.39 is 0 Å². The molecule has 6 heteroatoms. The molecule has 1 saturated carbocycles. The summed E-state index contributed by atoms with van der Waals surface area (Å²) in [6.45, 7) is 1.53. The van der Waals surface area contributed by atoms with Crippen LogP contribution in [0.15, 0.2) is 30.5 Å². The van der Waals surface area contributed by atoms with Gasteiger partial charge in [-0.25, -0.2) is 9.97 Å². The summed E-state index contributed by atoms with van der Waals surface area (Å²) in [5.74, 6) is 3.95. The molecule has 1 aliphatic carbocycles. The fourth-order valence-electron chi connectivity index (χ4n) is 2.32. The lowest BCUT2D eigenvalue weighted by atomic mass is 10.2. The van der Waals surface area contributed by atoms with E-state index >= 15 is 0 Å². The predicted octanol–water partition coefficient (Wildman–Crippen LogP) is 2.90. The van der Waals surface area contributed by atoms with E-state index in [1.54, 1.807) is 14.2 Å². The molecule has 1 aromatic heterocycles. The first-order valence-corrected chi connectivity index (χ1v) is 7.82. The summed E-state index contributed by atoms with van der Waals surface area (Å²) < 4.78 is 10.5. The van der Waals surface area contributed by atoms with Crippen LogP contribution in [0.3, 0.4) is 0 Å². The van der Waals surface area contributed by atoms with Gasteiger partial charge in [0.05, 0.1) is 14.2 Å². The molecule has 23 heavy (non-hydrogen) atoms. The molecule has 6 nitrogen and oxygen atoms in total. The monoisotopic (exact) mass is 314 g/mol. The van der Waals surface area contributed by atoms with E-state index in [1.807, 2.05) is 30.5 Å². The van der Waals surface area contributed by atoms with E-state index in [0.717, 1.165) is 41.9 Å². The lowest BCUT2D eigenvalue weighted by Gasteiger charge is -2.11. The summed E-state index contributed by atoms with van der Waals surface area (Å²) in [5, 5.41) is 6.67. The number of nitrogens with zero attached hydrogens (tertiary/aromatic N) is 2. The van der Waals surface area contributed by atoms with Crippen molar-refractivity contribution in [1.82, 2.24) is 9.97 Å². The third-order valence-electron chi connectivity index (χ3n) is 3.73. The minimum absolute atomic E-state index is 0.569. The molecule has 0 bridgehead atoms. The van der Waals surface area contributed by atoms with Crippen LogP contribution in [0.25, 0.3) is 0 Å². The van der Waals surface area contributed by atoms with E-state index in [9.17, 15) is 0 Å². The van der Waals surface area contributed by atoms with Crippen molar-refractivity contribution in [3.05, 3.63) is 36.3 Å². The number of nitrogens with one attached hydrogen (secondary N) is 2. The number of aromatic nitrogens is 2. The van der Waals surface area contributed by atoms with Crippen molar-refractivity contribution >= 4 is 11.5 Å². The molecule has 122 valence electrons. The number of rotatable bonds is 8. The molecule has 3 rings (SSSR count). The van der Waals surface area contributed by atoms with Crippen LogP contribution >= 0.6 is 0 Å². The van der Waals surface area contributed by atoms with Crippen LogP contribution < -0.4 is 20.1 Å². The number of hydrogen-bond acceptors (Lipinski definition) is 6. The van der Waals surface area contributed by atoms with Gasteiger partial charge >= 0.3 is 0 Å². The van der Waals surface area contributed by atoms with Crippen LogP contribution in [0, 0.1) is 0 Å². The molecule has 0 aliphatic heterocycles. The Bertz CT molecular complexity index is 637. The van der Waals surface area contributed by atoms with E-state index in [4.69, 9.17) is 9.47 Å². The first-order chi connectivity index (χ1) is 11.3. The zero-order valence-corrected chi connectivity index (χ0v) is 13.5. The number of methoxy groups -OCH3 is 2. The zero-order valence-electron chi connectivity index (χ0n) is 13.5. The minimum Gasteiger partial charge on any atom is -0.497 e. The second-order valence-corrected chi connectivity index (χ2v) is 5.53. The van der Waals surface area contributed by atoms with Crippen molar-refractivity contribution in [3.8, 4) is 11.5 Å². The van der Waals surface area contributed by atoms with Gasteiger partial charge in [-0.05, 0) is 18.9 Å². The zero-order chi connectivity index (χ0) is 16.1. The highest BCUT2D eigenvalue weighted by Gasteiger charge is 2.26. The highest BCUT2D eigenvalue weighted by Crippen LogP contribution is 2.38. The van der Waals surface area contributed by atoms with Crippen molar-refractivity contribution in [2.45, 2.75) is 18.8 Å². The van der Waals surface area contributed by atoms with Crippen molar-refractivity contribution in [1.29, 1.82) is 0 Å².